The van der Waals surface area contributed by atoms with Gasteiger partial charge in [-0.15, -0.1) is 0 Å². The van der Waals surface area contributed by atoms with Crippen LogP contribution in [-0.2, 0) is 4.79 Å². The summed E-state index contributed by atoms with van der Waals surface area (Å²) in [6.45, 7) is 0.664. The van der Waals surface area contributed by atoms with Crippen molar-refractivity contribution in [1.82, 2.24) is 5.32 Å². The van der Waals surface area contributed by atoms with Crippen molar-refractivity contribution in [2.45, 2.75) is 70.3 Å². The molecule has 0 unspecified atom stereocenters. The zero-order chi connectivity index (χ0) is 13.5. The van der Waals surface area contributed by atoms with Gasteiger partial charge in [-0.1, -0.05) is 19.3 Å². The average molecular weight is 275 g/mol. The van der Waals surface area contributed by atoms with E-state index in [1.165, 1.54) is 64.2 Å². The molecule has 0 saturated heterocycles. The SMILES string of the molecule is O=C(CNC1CCCCC1)C1C2CC3CC(C2)CC1C3. The highest BCUT2D eigenvalue weighted by molar-refractivity contribution is 5.84. The molecular formula is C18H29NO. The second-order valence-electron chi connectivity index (χ2n) is 8.14. The Balaban J connectivity index is 1.34. The molecule has 0 aromatic heterocycles. The number of carbonyl (C=O) groups is 1. The average Bonchev–Trinajstić information content (AvgIpc) is 2.45. The summed E-state index contributed by atoms with van der Waals surface area (Å²) in [5, 5.41) is 3.58. The molecule has 0 aromatic rings. The smallest absolute Gasteiger partial charge is 0.150 e. The summed E-state index contributed by atoms with van der Waals surface area (Å²) < 4.78 is 0. The monoisotopic (exact) mass is 275 g/mol. The fourth-order valence-corrected chi connectivity index (χ4v) is 6.12. The normalized spacial score (nSPS) is 43.9. The van der Waals surface area contributed by atoms with E-state index in [0.29, 0.717) is 24.3 Å². The summed E-state index contributed by atoms with van der Waals surface area (Å²) in [4.78, 5) is 12.7. The third-order valence-electron chi connectivity index (χ3n) is 6.77. The van der Waals surface area contributed by atoms with Crippen molar-refractivity contribution in [1.29, 1.82) is 0 Å². The second-order valence-corrected chi connectivity index (χ2v) is 8.14. The summed E-state index contributed by atoms with van der Waals surface area (Å²) in [6, 6.07) is 0.629. The maximum atomic E-state index is 12.7. The number of Topliss-reactive ketones (excluding diaryl/α,β-unsaturated/α-hetero) is 1. The number of hydrogen-bond donors (Lipinski definition) is 1. The van der Waals surface area contributed by atoms with Gasteiger partial charge in [0, 0.05) is 12.0 Å². The van der Waals surface area contributed by atoms with Crippen molar-refractivity contribution < 1.29 is 4.79 Å². The van der Waals surface area contributed by atoms with E-state index in [1.807, 2.05) is 0 Å². The van der Waals surface area contributed by atoms with Gasteiger partial charge in [0.2, 0.25) is 0 Å². The van der Waals surface area contributed by atoms with E-state index < -0.39 is 0 Å². The molecule has 2 nitrogen and oxygen atoms in total. The van der Waals surface area contributed by atoms with Crippen molar-refractivity contribution in [3.8, 4) is 0 Å². The molecular weight excluding hydrogens is 246 g/mol. The molecule has 0 spiro atoms. The van der Waals surface area contributed by atoms with Crippen LogP contribution in [-0.4, -0.2) is 18.4 Å². The van der Waals surface area contributed by atoms with Crippen LogP contribution in [0.3, 0.4) is 0 Å². The Morgan fingerprint density at radius 1 is 0.850 bits per heavy atom. The van der Waals surface area contributed by atoms with E-state index in [-0.39, 0.29) is 0 Å². The molecule has 0 heterocycles. The largest absolute Gasteiger partial charge is 0.307 e. The lowest BCUT2D eigenvalue weighted by Gasteiger charge is -2.53. The third kappa shape index (κ3) is 2.45. The van der Waals surface area contributed by atoms with E-state index in [4.69, 9.17) is 0 Å². The Labute approximate surface area is 123 Å². The van der Waals surface area contributed by atoms with E-state index in [9.17, 15) is 4.79 Å². The number of carbonyl (C=O) groups excluding carboxylic acids is 1. The lowest BCUT2D eigenvalue weighted by Crippen LogP contribution is -2.50. The van der Waals surface area contributed by atoms with Crippen LogP contribution in [0.1, 0.15) is 64.2 Å². The van der Waals surface area contributed by atoms with Crippen molar-refractivity contribution in [3.63, 3.8) is 0 Å². The molecule has 4 bridgehead atoms. The summed E-state index contributed by atoms with van der Waals surface area (Å²) in [5.41, 5.74) is 0. The summed E-state index contributed by atoms with van der Waals surface area (Å²) in [7, 11) is 0. The maximum absolute atomic E-state index is 12.7. The van der Waals surface area contributed by atoms with E-state index in [0.717, 1.165) is 23.7 Å². The fourth-order valence-electron chi connectivity index (χ4n) is 6.12. The molecule has 2 heteroatoms. The van der Waals surface area contributed by atoms with Gasteiger partial charge in [0.25, 0.3) is 0 Å². The van der Waals surface area contributed by atoms with Gasteiger partial charge in [-0.25, -0.2) is 0 Å². The van der Waals surface area contributed by atoms with Gasteiger partial charge >= 0.3 is 0 Å². The van der Waals surface area contributed by atoms with Crippen LogP contribution in [0.5, 0.6) is 0 Å². The van der Waals surface area contributed by atoms with E-state index in [2.05, 4.69) is 5.32 Å². The zero-order valence-corrected chi connectivity index (χ0v) is 12.7. The molecule has 5 aliphatic carbocycles. The predicted octanol–water partition coefficient (Wildman–Crippen LogP) is 3.55. The molecule has 0 aliphatic heterocycles. The van der Waals surface area contributed by atoms with Gasteiger partial charge in [-0.2, -0.15) is 0 Å². The number of ketones is 1. The number of hydrogen-bond acceptors (Lipinski definition) is 2. The summed E-state index contributed by atoms with van der Waals surface area (Å²) in [6.07, 6.45) is 13.6. The Kier molecular flexibility index (Phi) is 3.62. The first kappa shape index (κ1) is 13.3. The van der Waals surface area contributed by atoms with E-state index >= 15 is 0 Å². The van der Waals surface area contributed by atoms with Gasteiger partial charge in [-0.3, -0.25) is 4.79 Å². The zero-order valence-electron chi connectivity index (χ0n) is 12.7. The molecule has 5 rings (SSSR count). The standard InChI is InChI=1S/C18H29NO/c20-17(11-19-16-4-2-1-3-5-16)18-14-7-12-6-13(9-14)10-15(18)8-12/h12-16,18-19H,1-11H2. The van der Waals surface area contributed by atoms with Crippen LogP contribution in [0.2, 0.25) is 0 Å². The molecule has 112 valence electrons. The van der Waals surface area contributed by atoms with Crippen molar-refractivity contribution in [2.75, 3.05) is 6.54 Å². The van der Waals surface area contributed by atoms with Crippen molar-refractivity contribution in [3.05, 3.63) is 0 Å². The Morgan fingerprint density at radius 2 is 1.45 bits per heavy atom. The molecule has 0 amide bonds. The minimum absolute atomic E-state index is 0.430. The highest BCUT2D eigenvalue weighted by Crippen LogP contribution is 2.56. The molecule has 5 fully saturated rings. The van der Waals surface area contributed by atoms with Crippen LogP contribution in [0.15, 0.2) is 0 Å². The van der Waals surface area contributed by atoms with Crippen LogP contribution in [0.25, 0.3) is 0 Å². The maximum Gasteiger partial charge on any atom is 0.150 e. The van der Waals surface area contributed by atoms with Gasteiger partial charge < -0.3 is 5.32 Å². The third-order valence-corrected chi connectivity index (χ3v) is 6.77. The summed E-state index contributed by atoms with van der Waals surface area (Å²) >= 11 is 0. The van der Waals surface area contributed by atoms with Gasteiger partial charge in [-0.05, 0) is 68.6 Å². The highest BCUT2D eigenvalue weighted by Gasteiger charge is 2.50. The minimum Gasteiger partial charge on any atom is -0.307 e. The van der Waals surface area contributed by atoms with Gasteiger partial charge in [0.1, 0.15) is 5.78 Å². The topological polar surface area (TPSA) is 29.1 Å². The van der Waals surface area contributed by atoms with E-state index in [1.54, 1.807) is 0 Å². The first-order chi connectivity index (χ1) is 9.79. The second kappa shape index (κ2) is 5.44. The molecule has 0 atom stereocenters. The predicted molar refractivity (Wildman–Crippen MR) is 80.4 cm³/mol. The number of nitrogens with one attached hydrogen (secondary N) is 1. The van der Waals surface area contributed by atoms with Crippen LogP contribution < -0.4 is 5.32 Å². The van der Waals surface area contributed by atoms with Crippen molar-refractivity contribution in [2.24, 2.45) is 29.6 Å². The van der Waals surface area contributed by atoms with Crippen molar-refractivity contribution >= 4 is 5.78 Å². The molecule has 0 radical (unpaired) electrons. The Morgan fingerprint density at radius 3 is 2.05 bits per heavy atom. The lowest BCUT2D eigenvalue weighted by atomic mass is 9.51. The van der Waals surface area contributed by atoms with Gasteiger partial charge in [0.15, 0.2) is 0 Å². The fraction of sp³-hybridized carbons (Fsp3) is 0.944. The molecule has 1 N–H and O–H groups in total. The Hall–Kier alpha value is -0.370. The van der Waals surface area contributed by atoms with Gasteiger partial charge in [0.05, 0.1) is 6.54 Å². The summed E-state index contributed by atoms with van der Waals surface area (Å²) in [5.74, 6) is 4.46. The van der Waals surface area contributed by atoms with Crippen LogP contribution >= 0.6 is 0 Å². The lowest BCUT2D eigenvalue weighted by molar-refractivity contribution is -0.135. The number of rotatable bonds is 4. The molecule has 5 saturated carbocycles. The highest BCUT2D eigenvalue weighted by atomic mass is 16.1. The molecule has 0 aromatic carbocycles. The molecule has 5 aliphatic rings. The van der Waals surface area contributed by atoms with Crippen LogP contribution in [0.4, 0.5) is 0 Å². The van der Waals surface area contributed by atoms with Crippen LogP contribution in [0, 0.1) is 29.6 Å². The molecule has 20 heavy (non-hydrogen) atoms. The Bertz CT molecular complexity index is 344. The quantitative estimate of drug-likeness (QED) is 0.850. The first-order valence-electron chi connectivity index (χ1n) is 9.05. The first-order valence-corrected chi connectivity index (χ1v) is 9.05. The minimum atomic E-state index is 0.430.